The number of amides is 1. The molecule has 0 saturated carbocycles. The van der Waals surface area contributed by atoms with Gasteiger partial charge in [-0.05, 0) is 17.7 Å². The predicted molar refractivity (Wildman–Crippen MR) is 82.3 cm³/mol. The number of carbonyl (C=O) groups is 2. The Bertz CT molecular complexity index is 669. The molecule has 0 spiro atoms. The van der Waals surface area contributed by atoms with Crippen LogP contribution in [0.4, 0.5) is 0 Å². The van der Waals surface area contributed by atoms with Crippen molar-refractivity contribution in [2.24, 2.45) is 0 Å². The molecule has 2 aromatic rings. The van der Waals surface area contributed by atoms with Gasteiger partial charge in [0, 0.05) is 31.0 Å². The first-order valence-corrected chi connectivity index (χ1v) is 7.52. The highest BCUT2D eigenvalue weighted by Crippen LogP contribution is 2.10. The fourth-order valence-corrected chi connectivity index (χ4v) is 2.65. The third-order valence-electron chi connectivity index (χ3n) is 2.90. The molecule has 1 heterocycles. The highest BCUT2D eigenvalue weighted by molar-refractivity contribution is 7.09. The van der Waals surface area contributed by atoms with Gasteiger partial charge in [-0.3, -0.25) is 4.79 Å². The van der Waals surface area contributed by atoms with Crippen molar-refractivity contribution in [3.8, 4) is 0 Å². The second-order valence-corrected chi connectivity index (χ2v) is 5.51. The van der Waals surface area contributed by atoms with Crippen LogP contribution in [0.1, 0.15) is 31.4 Å². The van der Waals surface area contributed by atoms with Crippen LogP contribution in [-0.2, 0) is 17.8 Å². The summed E-state index contributed by atoms with van der Waals surface area (Å²) in [5, 5.41) is 13.8. The zero-order valence-electron chi connectivity index (χ0n) is 12.0. The van der Waals surface area contributed by atoms with E-state index in [2.05, 4.69) is 10.3 Å². The number of methoxy groups -OCH3 is 1. The van der Waals surface area contributed by atoms with E-state index in [1.807, 2.05) is 12.1 Å². The zero-order chi connectivity index (χ0) is 15.9. The van der Waals surface area contributed by atoms with Crippen LogP contribution < -0.4 is 5.32 Å². The molecule has 0 aliphatic rings. The number of aromatic nitrogens is 1. The third kappa shape index (κ3) is 4.37. The van der Waals surface area contributed by atoms with Crippen LogP contribution in [0.15, 0.2) is 29.6 Å². The summed E-state index contributed by atoms with van der Waals surface area (Å²) in [5.41, 5.74) is 1.54. The number of aromatic carboxylic acids is 1. The lowest BCUT2D eigenvalue weighted by Gasteiger charge is -2.06. The maximum absolute atomic E-state index is 12.0. The smallest absolute Gasteiger partial charge is 0.355 e. The van der Waals surface area contributed by atoms with Crippen molar-refractivity contribution >= 4 is 23.2 Å². The molecule has 2 N–H and O–H groups in total. The first-order valence-electron chi connectivity index (χ1n) is 6.64. The second-order valence-electron chi connectivity index (χ2n) is 4.57. The number of benzene rings is 1. The van der Waals surface area contributed by atoms with Crippen LogP contribution in [0.2, 0.25) is 0 Å². The summed E-state index contributed by atoms with van der Waals surface area (Å²) in [6, 6.07) is 7.22. The standard InChI is InChI=1S/C15H16N2O4S/c1-21-8-10-3-2-4-11(7-10)14(18)16-6-5-13-17-12(9-22-13)15(19)20/h2-4,7,9H,5-6,8H2,1H3,(H,16,18)(H,19,20). The van der Waals surface area contributed by atoms with Gasteiger partial charge in [0.05, 0.1) is 11.6 Å². The molecular weight excluding hydrogens is 304 g/mol. The minimum Gasteiger partial charge on any atom is -0.476 e. The molecule has 1 aromatic heterocycles. The van der Waals surface area contributed by atoms with Crippen LogP contribution in [0.3, 0.4) is 0 Å². The van der Waals surface area contributed by atoms with Gasteiger partial charge >= 0.3 is 5.97 Å². The van der Waals surface area contributed by atoms with Crippen molar-refractivity contribution in [3.05, 3.63) is 51.5 Å². The molecule has 0 aliphatic heterocycles. The first-order chi connectivity index (χ1) is 10.6. The summed E-state index contributed by atoms with van der Waals surface area (Å²) < 4.78 is 5.04. The average Bonchev–Trinajstić information content (AvgIpc) is 2.97. The molecule has 0 bridgehead atoms. The maximum atomic E-state index is 12.0. The molecule has 0 unspecified atom stereocenters. The Morgan fingerprint density at radius 1 is 1.41 bits per heavy atom. The lowest BCUT2D eigenvalue weighted by atomic mass is 10.1. The summed E-state index contributed by atoms with van der Waals surface area (Å²) in [7, 11) is 1.60. The molecule has 0 aliphatic carbocycles. The monoisotopic (exact) mass is 320 g/mol. The van der Waals surface area contributed by atoms with Crippen molar-refractivity contribution in [1.29, 1.82) is 0 Å². The summed E-state index contributed by atoms with van der Waals surface area (Å²) >= 11 is 1.27. The van der Waals surface area contributed by atoms with Crippen LogP contribution >= 0.6 is 11.3 Å². The van der Waals surface area contributed by atoms with E-state index in [0.29, 0.717) is 30.1 Å². The van der Waals surface area contributed by atoms with Gasteiger partial charge < -0.3 is 15.2 Å². The van der Waals surface area contributed by atoms with Crippen LogP contribution in [0, 0.1) is 0 Å². The number of thiazole rings is 1. The zero-order valence-corrected chi connectivity index (χ0v) is 12.9. The highest BCUT2D eigenvalue weighted by Gasteiger charge is 2.09. The van der Waals surface area contributed by atoms with E-state index in [9.17, 15) is 9.59 Å². The Morgan fingerprint density at radius 3 is 2.91 bits per heavy atom. The molecule has 0 radical (unpaired) electrons. The van der Waals surface area contributed by atoms with E-state index < -0.39 is 5.97 Å². The molecule has 1 amide bonds. The van der Waals surface area contributed by atoms with Crippen molar-refractivity contribution in [2.75, 3.05) is 13.7 Å². The normalized spacial score (nSPS) is 10.4. The van der Waals surface area contributed by atoms with Gasteiger partial charge in [-0.1, -0.05) is 12.1 Å². The number of nitrogens with one attached hydrogen (secondary N) is 1. The molecule has 22 heavy (non-hydrogen) atoms. The molecule has 116 valence electrons. The Balaban J connectivity index is 1.86. The molecule has 1 aromatic carbocycles. The van der Waals surface area contributed by atoms with Crippen molar-refractivity contribution in [2.45, 2.75) is 13.0 Å². The van der Waals surface area contributed by atoms with Crippen LogP contribution in [0.5, 0.6) is 0 Å². The SMILES string of the molecule is COCc1cccc(C(=O)NCCc2nc(C(=O)O)cs2)c1. The number of hydrogen-bond acceptors (Lipinski definition) is 5. The fraction of sp³-hybridized carbons (Fsp3) is 0.267. The molecule has 6 nitrogen and oxygen atoms in total. The molecule has 0 fully saturated rings. The van der Waals surface area contributed by atoms with Gasteiger partial charge in [0.25, 0.3) is 5.91 Å². The lowest BCUT2D eigenvalue weighted by molar-refractivity contribution is 0.0690. The number of rotatable bonds is 7. The topological polar surface area (TPSA) is 88.5 Å². The average molecular weight is 320 g/mol. The Hall–Kier alpha value is -2.25. The molecule has 2 rings (SSSR count). The van der Waals surface area contributed by atoms with Crippen molar-refractivity contribution in [3.63, 3.8) is 0 Å². The van der Waals surface area contributed by atoms with Gasteiger partial charge in [0.2, 0.25) is 0 Å². The van der Waals surface area contributed by atoms with E-state index in [1.165, 1.54) is 16.7 Å². The third-order valence-corrected chi connectivity index (χ3v) is 3.80. The minimum absolute atomic E-state index is 0.0404. The molecule has 7 heteroatoms. The van der Waals surface area contributed by atoms with Gasteiger partial charge in [-0.15, -0.1) is 11.3 Å². The number of nitrogens with zero attached hydrogens (tertiary/aromatic N) is 1. The van der Waals surface area contributed by atoms with E-state index in [1.54, 1.807) is 19.2 Å². The Morgan fingerprint density at radius 2 is 2.23 bits per heavy atom. The van der Waals surface area contributed by atoms with Crippen molar-refractivity contribution in [1.82, 2.24) is 10.3 Å². The van der Waals surface area contributed by atoms with Gasteiger partial charge in [-0.25, -0.2) is 9.78 Å². The largest absolute Gasteiger partial charge is 0.476 e. The quantitative estimate of drug-likeness (QED) is 0.814. The summed E-state index contributed by atoms with van der Waals surface area (Å²) in [5.74, 6) is -1.21. The number of carbonyl (C=O) groups excluding carboxylic acids is 1. The molecule has 0 atom stereocenters. The number of hydrogen-bond donors (Lipinski definition) is 2. The predicted octanol–water partition coefficient (Wildman–Crippen LogP) is 1.96. The van der Waals surface area contributed by atoms with E-state index in [0.717, 1.165) is 5.56 Å². The van der Waals surface area contributed by atoms with Gasteiger partial charge in [-0.2, -0.15) is 0 Å². The fourth-order valence-electron chi connectivity index (χ4n) is 1.88. The second kappa shape index (κ2) is 7.67. The van der Waals surface area contributed by atoms with Gasteiger partial charge in [0.15, 0.2) is 5.69 Å². The molecular formula is C15H16N2O4S. The molecule has 0 saturated heterocycles. The first kappa shape index (κ1) is 16.1. The minimum atomic E-state index is -1.04. The van der Waals surface area contributed by atoms with E-state index >= 15 is 0 Å². The number of carboxylic acids is 1. The van der Waals surface area contributed by atoms with Crippen molar-refractivity contribution < 1.29 is 19.4 Å². The van der Waals surface area contributed by atoms with Crippen LogP contribution in [0.25, 0.3) is 0 Å². The van der Waals surface area contributed by atoms with Crippen LogP contribution in [-0.4, -0.2) is 35.6 Å². The Labute approximate surface area is 131 Å². The number of ether oxygens (including phenoxy) is 1. The summed E-state index contributed by atoms with van der Waals surface area (Å²) in [6.07, 6.45) is 0.501. The maximum Gasteiger partial charge on any atom is 0.355 e. The van der Waals surface area contributed by atoms with Gasteiger partial charge in [0.1, 0.15) is 0 Å². The lowest BCUT2D eigenvalue weighted by Crippen LogP contribution is -2.25. The number of carboxylic acid groups (broad SMARTS) is 1. The highest BCUT2D eigenvalue weighted by atomic mass is 32.1. The summed E-state index contributed by atoms with van der Waals surface area (Å²) in [6.45, 7) is 0.859. The summed E-state index contributed by atoms with van der Waals surface area (Å²) in [4.78, 5) is 26.7. The Kier molecular flexibility index (Phi) is 5.62. The van der Waals surface area contributed by atoms with E-state index in [4.69, 9.17) is 9.84 Å². The van der Waals surface area contributed by atoms with E-state index in [-0.39, 0.29) is 11.6 Å².